The first kappa shape index (κ1) is 21.9. The van der Waals surface area contributed by atoms with Gasteiger partial charge in [-0.05, 0) is 43.5 Å². The van der Waals surface area contributed by atoms with Crippen molar-refractivity contribution in [1.82, 2.24) is 15.5 Å². The Labute approximate surface area is 188 Å². The molecule has 1 atom stereocenters. The molecule has 0 radical (unpaired) electrons. The molecule has 0 saturated carbocycles. The van der Waals surface area contributed by atoms with E-state index in [0.29, 0.717) is 37.6 Å². The van der Waals surface area contributed by atoms with Gasteiger partial charge in [0, 0.05) is 13.2 Å². The van der Waals surface area contributed by atoms with Crippen molar-refractivity contribution in [2.45, 2.75) is 39.0 Å². The first-order chi connectivity index (χ1) is 15.5. The third-order valence-electron chi connectivity index (χ3n) is 5.51. The van der Waals surface area contributed by atoms with E-state index in [1.165, 1.54) is 0 Å². The molecule has 2 heterocycles. The summed E-state index contributed by atoms with van der Waals surface area (Å²) in [4.78, 5) is 27.1. The molecule has 0 saturated heterocycles. The topological polar surface area (TPSA) is 79.9 Å². The van der Waals surface area contributed by atoms with Gasteiger partial charge in [-0.25, -0.2) is 4.79 Å². The Kier molecular flexibility index (Phi) is 6.75. The van der Waals surface area contributed by atoms with Gasteiger partial charge >= 0.3 is 6.03 Å². The van der Waals surface area contributed by atoms with E-state index < -0.39 is 6.04 Å². The number of carbonyl (C=O) groups is 2. The van der Waals surface area contributed by atoms with Crippen molar-refractivity contribution < 1.29 is 19.1 Å². The van der Waals surface area contributed by atoms with Crippen LogP contribution in [0.25, 0.3) is 0 Å². The van der Waals surface area contributed by atoms with Crippen LogP contribution in [0.15, 0.2) is 65.9 Å². The number of rotatable bonds is 9. The molecular formula is C25H29N3O4. The largest absolute Gasteiger partial charge is 0.489 e. The molecule has 2 aromatic rings. The lowest BCUT2D eigenvalue weighted by Crippen LogP contribution is -2.44. The Morgan fingerprint density at radius 3 is 2.53 bits per heavy atom. The Balaban J connectivity index is 1.41. The number of hydrogen-bond acceptors (Lipinski definition) is 4. The molecule has 2 aliphatic rings. The summed E-state index contributed by atoms with van der Waals surface area (Å²) >= 11 is 0. The van der Waals surface area contributed by atoms with E-state index in [0.717, 1.165) is 23.3 Å². The number of carbonyl (C=O) groups excluding carboxylic acids is 2. The lowest BCUT2D eigenvalue weighted by atomic mass is 9.96. The van der Waals surface area contributed by atoms with E-state index in [9.17, 15) is 9.59 Å². The molecule has 7 heteroatoms. The molecule has 0 spiro atoms. The van der Waals surface area contributed by atoms with Crippen molar-refractivity contribution >= 4 is 11.9 Å². The van der Waals surface area contributed by atoms with E-state index >= 15 is 0 Å². The molecule has 2 aliphatic heterocycles. The van der Waals surface area contributed by atoms with Gasteiger partial charge in [0.1, 0.15) is 12.4 Å². The first-order valence-corrected chi connectivity index (χ1v) is 11.0. The van der Waals surface area contributed by atoms with Crippen LogP contribution in [-0.2, 0) is 16.1 Å². The standard InChI is InChI=1S/C25H29N3O4/c1-17(2)31-14-6-13-28-15-21-22(24(28)29)23(27-25(30)26-21)19-9-11-20(12-10-19)32-16-18-7-4-3-5-8-18/h3-5,7-12,17,23H,6,13-16H2,1-2H3,(H2,26,27,30)/t23-/m1/s1. The van der Waals surface area contributed by atoms with Gasteiger partial charge in [0.05, 0.1) is 30.0 Å². The summed E-state index contributed by atoms with van der Waals surface area (Å²) in [5.74, 6) is 0.683. The summed E-state index contributed by atoms with van der Waals surface area (Å²) in [6.45, 7) is 6.07. The summed E-state index contributed by atoms with van der Waals surface area (Å²) < 4.78 is 11.4. The zero-order valence-corrected chi connectivity index (χ0v) is 18.5. The van der Waals surface area contributed by atoms with Crippen molar-refractivity contribution in [3.63, 3.8) is 0 Å². The Morgan fingerprint density at radius 1 is 1.06 bits per heavy atom. The van der Waals surface area contributed by atoms with Crippen LogP contribution in [-0.4, -0.2) is 42.6 Å². The minimum absolute atomic E-state index is 0.0496. The van der Waals surface area contributed by atoms with Crippen LogP contribution >= 0.6 is 0 Å². The minimum atomic E-state index is -0.480. The van der Waals surface area contributed by atoms with Gasteiger partial charge in [0.15, 0.2) is 0 Å². The SMILES string of the molecule is CC(C)OCCCN1CC2=C(C1=O)[C@@H](c1ccc(OCc3ccccc3)cc1)NC(=O)N2. The van der Waals surface area contributed by atoms with E-state index in [-0.39, 0.29) is 18.0 Å². The van der Waals surface area contributed by atoms with Gasteiger partial charge in [-0.1, -0.05) is 42.5 Å². The summed E-state index contributed by atoms with van der Waals surface area (Å²) in [5, 5.41) is 5.70. The second-order valence-corrected chi connectivity index (χ2v) is 8.27. The number of nitrogens with one attached hydrogen (secondary N) is 2. The molecule has 32 heavy (non-hydrogen) atoms. The lowest BCUT2D eigenvalue weighted by Gasteiger charge is -2.25. The van der Waals surface area contributed by atoms with Gasteiger partial charge in [0.2, 0.25) is 0 Å². The van der Waals surface area contributed by atoms with E-state index in [2.05, 4.69) is 10.6 Å². The number of benzene rings is 2. The fourth-order valence-corrected chi connectivity index (χ4v) is 3.93. The van der Waals surface area contributed by atoms with Crippen molar-refractivity contribution in [3.05, 3.63) is 77.0 Å². The highest BCUT2D eigenvalue weighted by molar-refractivity contribution is 6.01. The fraction of sp³-hybridized carbons (Fsp3) is 0.360. The van der Waals surface area contributed by atoms with Crippen molar-refractivity contribution in [3.8, 4) is 5.75 Å². The molecule has 0 unspecified atom stereocenters. The number of amides is 3. The second kappa shape index (κ2) is 9.87. The zero-order valence-electron chi connectivity index (χ0n) is 18.5. The van der Waals surface area contributed by atoms with Crippen LogP contribution < -0.4 is 15.4 Å². The number of urea groups is 1. The number of nitrogens with zero attached hydrogens (tertiary/aromatic N) is 1. The Morgan fingerprint density at radius 2 is 1.81 bits per heavy atom. The van der Waals surface area contributed by atoms with Crippen LogP contribution in [0.5, 0.6) is 5.75 Å². The van der Waals surface area contributed by atoms with E-state index in [1.54, 1.807) is 4.90 Å². The quantitative estimate of drug-likeness (QED) is 0.591. The van der Waals surface area contributed by atoms with Gasteiger partial charge < -0.3 is 25.0 Å². The van der Waals surface area contributed by atoms with Gasteiger partial charge in [-0.2, -0.15) is 0 Å². The van der Waals surface area contributed by atoms with Crippen molar-refractivity contribution in [2.75, 3.05) is 19.7 Å². The molecule has 0 fully saturated rings. The smallest absolute Gasteiger partial charge is 0.319 e. The summed E-state index contributed by atoms with van der Waals surface area (Å²) in [5.41, 5.74) is 3.22. The maximum Gasteiger partial charge on any atom is 0.319 e. The normalized spacial score (nSPS) is 18.0. The maximum atomic E-state index is 13.1. The zero-order chi connectivity index (χ0) is 22.5. The molecule has 0 aliphatic carbocycles. The van der Waals surface area contributed by atoms with Crippen LogP contribution in [0.1, 0.15) is 37.4 Å². The predicted octanol–water partition coefficient (Wildman–Crippen LogP) is 3.53. The molecule has 0 aromatic heterocycles. The molecule has 4 rings (SSSR count). The van der Waals surface area contributed by atoms with Crippen LogP contribution in [0.2, 0.25) is 0 Å². The van der Waals surface area contributed by atoms with E-state index in [1.807, 2.05) is 68.4 Å². The number of hydrogen-bond donors (Lipinski definition) is 2. The van der Waals surface area contributed by atoms with E-state index in [4.69, 9.17) is 9.47 Å². The molecule has 3 amide bonds. The average Bonchev–Trinajstić information content (AvgIpc) is 3.10. The lowest BCUT2D eigenvalue weighted by molar-refractivity contribution is -0.126. The fourth-order valence-electron chi connectivity index (χ4n) is 3.93. The molecule has 0 bridgehead atoms. The van der Waals surface area contributed by atoms with Crippen LogP contribution in [0.3, 0.4) is 0 Å². The Bertz CT molecular complexity index is 986. The molecule has 7 nitrogen and oxygen atoms in total. The minimum Gasteiger partial charge on any atom is -0.489 e. The monoisotopic (exact) mass is 435 g/mol. The molecule has 2 N–H and O–H groups in total. The summed E-state index contributed by atoms with van der Waals surface area (Å²) in [7, 11) is 0. The van der Waals surface area contributed by atoms with Gasteiger partial charge in [0.25, 0.3) is 5.91 Å². The van der Waals surface area contributed by atoms with Crippen molar-refractivity contribution in [2.24, 2.45) is 0 Å². The number of ether oxygens (including phenoxy) is 2. The van der Waals surface area contributed by atoms with Gasteiger partial charge in [-0.3, -0.25) is 4.79 Å². The van der Waals surface area contributed by atoms with Gasteiger partial charge in [-0.15, -0.1) is 0 Å². The third kappa shape index (κ3) is 5.11. The second-order valence-electron chi connectivity index (χ2n) is 8.27. The molecular weight excluding hydrogens is 406 g/mol. The molecule has 168 valence electrons. The third-order valence-corrected chi connectivity index (χ3v) is 5.51. The van der Waals surface area contributed by atoms with Crippen LogP contribution in [0, 0.1) is 0 Å². The summed E-state index contributed by atoms with van der Waals surface area (Å²) in [6.07, 6.45) is 0.923. The summed E-state index contributed by atoms with van der Waals surface area (Å²) in [6, 6.07) is 16.7. The highest BCUT2D eigenvalue weighted by Crippen LogP contribution is 2.33. The molecule has 2 aromatic carbocycles. The van der Waals surface area contributed by atoms with Crippen LogP contribution in [0.4, 0.5) is 4.79 Å². The highest BCUT2D eigenvalue weighted by atomic mass is 16.5. The Hall–Kier alpha value is -3.32. The first-order valence-electron chi connectivity index (χ1n) is 11.0. The maximum absolute atomic E-state index is 13.1. The predicted molar refractivity (Wildman–Crippen MR) is 121 cm³/mol. The highest BCUT2D eigenvalue weighted by Gasteiger charge is 2.40. The average molecular weight is 436 g/mol. The van der Waals surface area contributed by atoms with Crippen molar-refractivity contribution in [1.29, 1.82) is 0 Å².